The van der Waals surface area contributed by atoms with Crippen LogP contribution in [0.3, 0.4) is 0 Å². The summed E-state index contributed by atoms with van der Waals surface area (Å²) in [6.45, 7) is 6.48. The minimum atomic E-state index is 0.127. The fourth-order valence-corrected chi connectivity index (χ4v) is 4.03. The van der Waals surface area contributed by atoms with E-state index < -0.39 is 0 Å². The molecule has 0 atom stereocenters. The number of likely N-dealkylation sites (tertiary alicyclic amines) is 1. The van der Waals surface area contributed by atoms with Crippen LogP contribution < -0.4 is 20.1 Å². The van der Waals surface area contributed by atoms with E-state index >= 15 is 0 Å². The lowest BCUT2D eigenvalue weighted by molar-refractivity contribution is -0.121. The van der Waals surface area contributed by atoms with Gasteiger partial charge in [0.05, 0.1) is 5.02 Å². The first-order chi connectivity index (χ1) is 14.1. The molecule has 0 saturated carbocycles. The smallest absolute Gasteiger partial charge is 0.220 e. The second-order valence-corrected chi connectivity index (χ2v) is 7.80. The van der Waals surface area contributed by atoms with Crippen molar-refractivity contribution in [3.05, 3.63) is 22.7 Å². The maximum Gasteiger partial charge on any atom is 0.220 e. The van der Waals surface area contributed by atoms with Crippen molar-refractivity contribution in [3.63, 3.8) is 0 Å². The lowest BCUT2D eigenvalue weighted by atomic mass is 9.93. The van der Waals surface area contributed by atoms with Gasteiger partial charge < -0.3 is 25.0 Å². The van der Waals surface area contributed by atoms with Crippen molar-refractivity contribution in [1.29, 1.82) is 0 Å². The number of piperidine rings is 1. The molecule has 3 rings (SSSR count). The Hall–Kier alpha value is -2.15. The molecule has 160 valence electrons. The molecule has 2 aliphatic rings. The van der Waals surface area contributed by atoms with Gasteiger partial charge in [-0.3, -0.25) is 9.79 Å². The summed E-state index contributed by atoms with van der Waals surface area (Å²) < 4.78 is 11.2. The first kappa shape index (κ1) is 21.6. The van der Waals surface area contributed by atoms with Crippen LogP contribution in [0.25, 0.3) is 0 Å². The first-order valence-electron chi connectivity index (χ1n) is 10.4. The predicted molar refractivity (Wildman–Crippen MR) is 115 cm³/mol. The zero-order chi connectivity index (χ0) is 20.6. The normalized spacial score (nSPS) is 17.2. The number of rotatable bonds is 6. The van der Waals surface area contributed by atoms with Gasteiger partial charge in [0.15, 0.2) is 17.5 Å². The molecule has 0 unspecified atom stereocenters. The summed E-state index contributed by atoms with van der Waals surface area (Å²) in [5, 5.41) is 6.70. The Morgan fingerprint density at radius 3 is 2.76 bits per heavy atom. The number of amides is 1. The zero-order valence-electron chi connectivity index (χ0n) is 17.3. The van der Waals surface area contributed by atoms with Gasteiger partial charge in [-0.2, -0.15) is 0 Å². The molecule has 2 aliphatic heterocycles. The summed E-state index contributed by atoms with van der Waals surface area (Å²) in [6.07, 6.45) is 3.41. The number of benzene rings is 1. The van der Waals surface area contributed by atoms with Gasteiger partial charge in [0.25, 0.3) is 0 Å². The van der Waals surface area contributed by atoms with E-state index in [2.05, 4.69) is 22.5 Å². The number of nitrogens with zero attached hydrogens (tertiary/aromatic N) is 2. The molecule has 0 spiro atoms. The Bertz CT molecular complexity index is 733. The van der Waals surface area contributed by atoms with Gasteiger partial charge in [-0.25, -0.2) is 0 Å². The number of guanidine groups is 1. The Labute approximate surface area is 177 Å². The molecule has 8 heteroatoms. The zero-order valence-corrected chi connectivity index (χ0v) is 18.1. The summed E-state index contributed by atoms with van der Waals surface area (Å²) >= 11 is 6.33. The van der Waals surface area contributed by atoms with Gasteiger partial charge >= 0.3 is 0 Å². The van der Waals surface area contributed by atoms with Crippen LogP contribution in [-0.4, -0.2) is 63.2 Å². The summed E-state index contributed by atoms with van der Waals surface area (Å²) in [4.78, 5) is 18.7. The van der Waals surface area contributed by atoms with Gasteiger partial charge in [0, 0.05) is 39.6 Å². The van der Waals surface area contributed by atoms with Gasteiger partial charge in [0.2, 0.25) is 5.91 Å². The minimum Gasteiger partial charge on any atom is -0.486 e. The highest BCUT2D eigenvalue weighted by atomic mass is 35.5. The van der Waals surface area contributed by atoms with E-state index in [9.17, 15) is 4.79 Å². The van der Waals surface area contributed by atoms with E-state index in [0.29, 0.717) is 48.6 Å². The largest absolute Gasteiger partial charge is 0.486 e. The number of hydrogen-bond acceptors (Lipinski definition) is 4. The lowest BCUT2D eigenvalue weighted by Crippen LogP contribution is -2.46. The maximum atomic E-state index is 11.6. The molecule has 0 bridgehead atoms. The van der Waals surface area contributed by atoms with Gasteiger partial charge in [-0.05, 0) is 49.8 Å². The van der Waals surface area contributed by atoms with E-state index in [0.717, 1.165) is 50.4 Å². The van der Waals surface area contributed by atoms with Crippen LogP contribution in [-0.2, 0) is 11.2 Å². The van der Waals surface area contributed by atoms with Crippen molar-refractivity contribution in [3.8, 4) is 11.5 Å². The van der Waals surface area contributed by atoms with Crippen molar-refractivity contribution in [1.82, 2.24) is 15.5 Å². The average Bonchev–Trinajstić information content (AvgIpc) is 2.74. The summed E-state index contributed by atoms with van der Waals surface area (Å²) in [5.41, 5.74) is 1.09. The average molecular weight is 423 g/mol. The molecule has 1 aromatic rings. The van der Waals surface area contributed by atoms with Crippen LogP contribution in [0.5, 0.6) is 11.5 Å². The van der Waals surface area contributed by atoms with E-state index in [1.165, 1.54) is 0 Å². The van der Waals surface area contributed by atoms with Gasteiger partial charge in [-0.1, -0.05) is 11.6 Å². The molecule has 29 heavy (non-hydrogen) atoms. The van der Waals surface area contributed by atoms with Gasteiger partial charge in [-0.15, -0.1) is 0 Å². The highest BCUT2D eigenvalue weighted by molar-refractivity contribution is 6.32. The van der Waals surface area contributed by atoms with Crippen LogP contribution in [0.15, 0.2) is 17.1 Å². The second kappa shape index (κ2) is 10.6. The Balaban J connectivity index is 1.56. The number of carbonyl (C=O) groups is 1. The third kappa shape index (κ3) is 5.92. The highest BCUT2D eigenvalue weighted by Gasteiger charge is 2.23. The lowest BCUT2D eigenvalue weighted by Gasteiger charge is -2.34. The molecule has 7 nitrogen and oxygen atoms in total. The number of nitrogens with one attached hydrogen (secondary N) is 2. The van der Waals surface area contributed by atoms with Crippen LogP contribution in [0.1, 0.15) is 31.7 Å². The second-order valence-electron chi connectivity index (χ2n) is 7.40. The number of fused-ring (bicyclic) bond motifs is 1. The molecular formula is C21H31ClN4O3. The van der Waals surface area contributed by atoms with Crippen molar-refractivity contribution < 1.29 is 14.3 Å². The summed E-state index contributed by atoms with van der Waals surface area (Å²) in [7, 11) is 1.70. The SMILES string of the molecule is CCNC(=NCCc1cc(Cl)c2c(c1)OCCO2)N1CCC(CC(=O)NC)CC1. The molecule has 1 amide bonds. The van der Waals surface area contributed by atoms with Gasteiger partial charge in [0.1, 0.15) is 13.2 Å². The minimum absolute atomic E-state index is 0.127. The number of aliphatic imine (C=N–C) groups is 1. The summed E-state index contributed by atoms with van der Waals surface area (Å²) in [5.74, 6) is 2.87. The van der Waals surface area contributed by atoms with Crippen LogP contribution in [0.2, 0.25) is 5.02 Å². The Kier molecular flexibility index (Phi) is 7.86. The quantitative estimate of drug-likeness (QED) is 0.544. The monoisotopic (exact) mass is 422 g/mol. The number of ether oxygens (including phenoxy) is 2. The molecule has 1 fully saturated rings. The topological polar surface area (TPSA) is 75.2 Å². The van der Waals surface area contributed by atoms with Crippen LogP contribution >= 0.6 is 11.6 Å². The molecule has 0 radical (unpaired) electrons. The van der Waals surface area contributed by atoms with Crippen molar-refractivity contribution in [2.45, 2.75) is 32.6 Å². The first-order valence-corrected chi connectivity index (χ1v) is 10.8. The molecular weight excluding hydrogens is 392 g/mol. The van der Waals surface area contributed by atoms with E-state index in [4.69, 9.17) is 26.1 Å². The maximum absolute atomic E-state index is 11.6. The third-order valence-electron chi connectivity index (χ3n) is 5.32. The molecule has 2 N–H and O–H groups in total. The molecule has 1 aromatic carbocycles. The number of carbonyl (C=O) groups excluding carboxylic acids is 1. The van der Waals surface area contributed by atoms with Crippen LogP contribution in [0, 0.1) is 5.92 Å². The number of hydrogen-bond donors (Lipinski definition) is 2. The highest BCUT2D eigenvalue weighted by Crippen LogP contribution is 2.38. The molecule has 2 heterocycles. The Morgan fingerprint density at radius 2 is 2.03 bits per heavy atom. The van der Waals surface area contributed by atoms with Crippen molar-refractivity contribution >= 4 is 23.5 Å². The van der Waals surface area contributed by atoms with E-state index in [-0.39, 0.29) is 5.91 Å². The van der Waals surface area contributed by atoms with E-state index in [1.54, 1.807) is 7.05 Å². The van der Waals surface area contributed by atoms with E-state index in [1.807, 2.05) is 12.1 Å². The standard InChI is InChI=1S/C21H31ClN4O3/c1-3-24-21(26-8-5-15(6-9-26)14-19(27)23-2)25-7-4-16-12-17(22)20-18(13-16)28-10-11-29-20/h12-13,15H,3-11,14H2,1-2H3,(H,23,27)(H,24,25). The summed E-state index contributed by atoms with van der Waals surface area (Å²) in [6, 6.07) is 3.93. The Morgan fingerprint density at radius 1 is 1.28 bits per heavy atom. The molecule has 0 aliphatic carbocycles. The predicted octanol–water partition coefficient (Wildman–Crippen LogP) is 2.47. The van der Waals surface area contributed by atoms with Crippen molar-refractivity contribution in [2.75, 3.05) is 46.4 Å². The third-order valence-corrected chi connectivity index (χ3v) is 5.60. The fourth-order valence-electron chi connectivity index (χ4n) is 3.74. The van der Waals surface area contributed by atoms with Crippen molar-refractivity contribution in [2.24, 2.45) is 10.9 Å². The number of halogens is 1. The van der Waals surface area contributed by atoms with Crippen LogP contribution in [0.4, 0.5) is 0 Å². The molecule has 1 saturated heterocycles. The fraction of sp³-hybridized carbons (Fsp3) is 0.619. The molecule has 0 aromatic heterocycles.